The normalized spacial score (nSPS) is 21.0. The van der Waals surface area contributed by atoms with Crippen LogP contribution in [0.1, 0.15) is 30.4 Å². The van der Waals surface area contributed by atoms with Gasteiger partial charge in [-0.2, -0.15) is 0 Å². The van der Waals surface area contributed by atoms with Gasteiger partial charge >= 0.3 is 0 Å². The zero-order chi connectivity index (χ0) is 19.9. The van der Waals surface area contributed by atoms with Gasteiger partial charge in [0.2, 0.25) is 5.91 Å². The molecule has 4 rings (SSSR count). The largest absolute Gasteiger partial charge is 0.335 e. The lowest BCUT2D eigenvalue weighted by Gasteiger charge is -2.28. The summed E-state index contributed by atoms with van der Waals surface area (Å²) in [6.07, 6.45) is 6.17. The summed E-state index contributed by atoms with van der Waals surface area (Å²) in [5, 5.41) is 0.775. The van der Waals surface area contributed by atoms with Gasteiger partial charge in [0, 0.05) is 24.5 Å². The van der Waals surface area contributed by atoms with Crippen LogP contribution < -0.4 is 0 Å². The van der Waals surface area contributed by atoms with Gasteiger partial charge in [-0.1, -0.05) is 23.9 Å². The van der Waals surface area contributed by atoms with E-state index in [1.54, 1.807) is 6.20 Å². The Balaban J connectivity index is 1.48. The van der Waals surface area contributed by atoms with Crippen molar-refractivity contribution >= 4 is 27.5 Å². The fraction of sp³-hybridized carbons (Fsp3) is 0.500. The van der Waals surface area contributed by atoms with Crippen LogP contribution >= 0.6 is 11.8 Å². The molecule has 2 aliphatic rings. The van der Waals surface area contributed by atoms with Gasteiger partial charge in [-0.25, -0.2) is 13.4 Å². The molecule has 0 bridgehead atoms. The lowest BCUT2D eigenvalue weighted by atomic mass is 10.1. The van der Waals surface area contributed by atoms with E-state index in [9.17, 15) is 13.2 Å². The molecule has 1 aliphatic heterocycles. The molecule has 2 aromatic rings. The molecule has 1 amide bonds. The number of hydrogen-bond acceptors (Lipinski definition) is 5. The first-order valence-corrected chi connectivity index (χ1v) is 12.4. The molecular weight excluding hydrogens is 394 g/mol. The first kappa shape index (κ1) is 19.5. The summed E-state index contributed by atoms with van der Waals surface area (Å²) in [4.78, 5) is 19.2. The molecule has 1 aliphatic carbocycles. The molecular formula is C20H25N3O3S2. The van der Waals surface area contributed by atoms with Crippen molar-refractivity contribution in [3.63, 3.8) is 0 Å². The van der Waals surface area contributed by atoms with Gasteiger partial charge in [-0.15, -0.1) is 0 Å². The van der Waals surface area contributed by atoms with Crippen LogP contribution in [0.5, 0.6) is 0 Å². The SMILES string of the molecule is Cc1ccc(C)c(-n2ccnc2SCC(=O)N(C2CC2)C2CCS(=O)(=O)C2)c1. The molecule has 2 fully saturated rings. The van der Waals surface area contributed by atoms with Crippen LogP contribution in [0.4, 0.5) is 0 Å². The summed E-state index contributed by atoms with van der Waals surface area (Å²) in [7, 11) is -3.01. The Morgan fingerprint density at radius 1 is 1.25 bits per heavy atom. The summed E-state index contributed by atoms with van der Waals surface area (Å²) in [5.74, 6) is 0.592. The number of sulfone groups is 1. The van der Waals surface area contributed by atoms with E-state index in [1.807, 2.05) is 15.7 Å². The molecule has 0 spiro atoms. The van der Waals surface area contributed by atoms with Crippen molar-refractivity contribution in [2.24, 2.45) is 0 Å². The third-order valence-electron chi connectivity index (χ3n) is 5.39. The average molecular weight is 420 g/mol. The minimum Gasteiger partial charge on any atom is -0.335 e. The van der Waals surface area contributed by atoms with Gasteiger partial charge in [-0.3, -0.25) is 9.36 Å². The number of imidazole rings is 1. The maximum absolute atomic E-state index is 13.0. The number of nitrogens with zero attached hydrogens (tertiary/aromatic N) is 3. The Bertz CT molecular complexity index is 996. The zero-order valence-corrected chi connectivity index (χ0v) is 17.8. The molecule has 1 saturated heterocycles. The standard InChI is InChI=1S/C20H25N3O3S2/c1-14-3-4-15(2)18(11-14)22-9-8-21-20(22)27-12-19(24)23(16-5-6-16)17-7-10-28(25,26)13-17/h3-4,8-9,11,16-17H,5-7,10,12-13H2,1-2H3. The summed E-state index contributed by atoms with van der Waals surface area (Å²) in [5.41, 5.74) is 3.38. The lowest BCUT2D eigenvalue weighted by Crippen LogP contribution is -2.43. The van der Waals surface area contributed by atoms with Crippen molar-refractivity contribution in [1.82, 2.24) is 14.5 Å². The van der Waals surface area contributed by atoms with Gasteiger partial charge in [0.1, 0.15) is 0 Å². The highest BCUT2D eigenvalue weighted by atomic mass is 32.2. The highest BCUT2D eigenvalue weighted by molar-refractivity contribution is 7.99. The number of aryl methyl sites for hydroxylation is 2. The zero-order valence-electron chi connectivity index (χ0n) is 16.2. The Hall–Kier alpha value is -1.80. The molecule has 6 nitrogen and oxygen atoms in total. The van der Waals surface area contributed by atoms with Gasteiger partial charge in [0.15, 0.2) is 15.0 Å². The van der Waals surface area contributed by atoms with E-state index in [-0.39, 0.29) is 35.2 Å². The second-order valence-electron chi connectivity index (χ2n) is 7.75. The molecule has 28 heavy (non-hydrogen) atoms. The van der Waals surface area contributed by atoms with Crippen LogP contribution in [0.15, 0.2) is 35.7 Å². The molecule has 1 atom stereocenters. The topological polar surface area (TPSA) is 72.3 Å². The fourth-order valence-corrected chi connectivity index (χ4v) is 6.36. The number of amides is 1. The maximum atomic E-state index is 13.0. The van der Waals surface area contributed by atoms with E-state index in [0.717, 1.165) is 29.2 Å². The summed E-state index contributed by atoms with van der Waals surface area (Å²) in [6, 6.07) is 6.33. The van der Waals surface area contributed by atoms with E-state index in [0.29, 0.717) is 6.42 Å². The third-order valence-corrected chi connectivity index (χ3v) is 8.09. The number of benzene rings is 1. The molecule has 0 N–H and O–H groups in total. The molecule has 150 valence electrons. The van der Waals surface area contributed by atoms with E-state index in [2.05, 4.69) is 37.0 Å². The van der Waals surface area contributed by atoms with Crippen molar-refractivity contribution in [3.8, 4) is 5.69 Å². The molecule has 2 heterocycles. The monoisotopic (exact) mass is 419 g/mol. The third kappa shape index (κ3) is 4.12. The van der Waals surface area contributed by atoms with Crippen molar-refractivity contribution < 1.29 is 13.2 Å². The molecule has 8 heteroatoms. The van der Waals surface area contributed by atoms with E-state index in [4.69, 9.17) is 0 Å². The van der Waals surface area contributed by atoms with Crippen molar-refractivity contribution in [3.05, 3.63) is 41.7 Å². The first-order valence-electron chi connectivity index (χ1n) is 9.59. The predicted octanol–water partition coefficient (Wildman–Crippen LogP) is 2.76. The molecule has 0 radical (unpaired) electrons. The van der Waals surface area contributed by atoms with Crippen LogP contribution in [0.3, 0.4) is 0 Å². The maximum Gasteiger partial charge on any atom is 0.233 e. The quantitative estimate of drug-likeness (QED) is 0.673. The van der Waals surface area contributed by atoms with E-state index < -0.39 is 9.84 Å². The number of carbonyl (C=O) groups is 1. The minimum atomic E-state index is -3.01. The highest BCUT2D eigenvalue weighted by Gasteiger charge is 2.41. The van der Waals surface area contributed by atoms with E-state index >= 15 is 0 Å². The van der Waals surface area contributed by atoms with Crippen LogP contribution in [-0.2, 0) is 14.6 Å². The number of rotatable bonds is 6. The van der Waals surface area contributed by atoms with Crippen molar-refractivity contribution in [2.45, 2.75) is 50.4 Å². The highest BCUT2D eigenvalue weighted by Crippen LogP contribution is 2.33. The molecule has 1 aromatic carbocycles. The molecule has 1 unspecified atom stereocenters. The van der Waals surface area contributed by atoms with Gasteiger partial charge in [0.05, 0.1) is 22.9 Å². The number of thioether (sulfide) groups is 1. The molecule has 1 saturated carbocycles. The Morgan fingerprint density at radius 3 is 2.71 bits per heavy atom. The van der Waals surface area contributed by atoms with Crippen LogP contribution in [0, 0.1) is 13.8 Å². The number of carbonyl (C=O) groups excluding carboxylic acids is 1. The Labute approximate surface area is 170 Å². The van der Waals surface area contributed by atoms with Gasteiger partial charge in [-0.05, 0) is 50.3 Å². The Kier molecular flexibility index (Phi) is 5.26. The fourth-order valence-electron chi connectivity index (χ4n) is 3.81. The predicted molar refractivity (Wildman–Crippen MR) is 111 cm³/mol. The second-order valence-corrected chi connectivity index (χ2v) is 10.9. The Morgan fingerprint density at radius 2 is 2.04 bits per heavy atom. The van der Waals surface area contributed by atoms with Crippen molar-refractivity contribution in [1.29, 1.82) is 0 Å². The van der Waals surface area contributed by atoms with Crippen LogP contribution in [-0.4, -0.2) is 58.1 Å². The lowest BCUT2D eigenvalue weighted by molar-refractivity contribution is -0.130. The smallest absolute Gasteiger partial charge is 0.233 e. The second kappa shape index (κ2) is 7.55. The summed E-state index contributed by atoms with van der Waals surface area (Å²) < 4.78 is 25.7. The average Bonchev–Trinajstić information content (AvgIpc) is 3.24. The van der Waals surface area contributed by atoms with Crippen molar-refractivity contribution in [2.75, 3.05) is 17.3 Å². The van der Waals surface area contributed by atoms with Crippen LogP contribution in [0.2, 0.25) is 0 Å². The minimum absolute atomic E-state index is 0.0186. The summed E-state index contributed by atoms with van der Waals surface area (Å²) >= 11 is 1.41. The number of hydrogen-bond donors (Lipinski definition) is 0. The van der Waals surface area contributed by atoms with Gasteiger partial charge < -0.3 is 4.90 Å². The summed E-state index contributed by atoms with van der Waals surface area (Å²) in [6.45, 7) is 4.11. The number of aromatic nitrogens is 2. The van der Waals surface area contributed by atoms with Gasteiger partial charge in [0.25, 0.3) is 0 Å². The molecule has 1 aromatic heterocycles. The van der Waals surface area contributed by atoms with Crippen LogP contribution in [0.25, 0.3) is 5.69 Å². The first-order chi connectivity index (χ1) is 13.3. The van der Waals surface area contributed by atoms with E-state index in [1.165, 1.54) is 17.3 Å².